The van der Waals surface area contributed by atoms with Crippen molar-refractivity contribution in [2.75, 3.05) is 6.26 Å². The van der Waals surface area contributed by atoms with Crippen molar-refractivity contribution in [1.29, 1.82) is 0 Å². The molecule has 0 aliphatic rings. The fraction of sp³-hybridized carbons (Fsp3) is 0.0909. The Balaban J connectivity index is 0.00000128. The summed E-state index contributed by atoms with van der Waals surface area (Å²) in [5.41, 5.74) is 1.72. The summed E-state index contributed by atoms with van der Waals surface area (Å²) in [6, 6.07) is 11.3. The predicted molar refractivity (Wildman–Crippen MR) is 60.9 cm³/mol. The maximum atomic E-state index is 9.42. The normalized spacial score (nSPS) is 9.56. The molecule has 0 fully saturated rings. The zero-order valence-corrected chi connectivity index (χ0v) is 12.4. The number of hydrogen-bond acceptors (Lipinski definition) is 4. The predicted octanol–water partition coefficient (Wildman–Crippen LogP) is 2.57. The van der Waals surface area contributed by atoms with E-state index in [2.05, 4.69) is 9.97 Å². The van der Waals surface area contributed by atoms with Crippen molar-refractivity contribution in [3.63, 3.8) is 0 Å². The van der Waals surface area contributed by atoms with Gasteiger partial charge in [0.25, 0.3) is 0 Å². The summed E-state index contributed by atoms with van der Waals surface area (Å²) in [4.78, 5) is 8.20. The number of benzene rings is 1. The van der Waals surface area contributed by atoms with Gasteiger partial charge in [0.1, 0.15) is 0 Å². The summed E-state index contributed by atoms with van der Waals surface area (Å²) in [7, 11) is 0. The molecule has 0 atom stereocenters. The molecule has 0 unspecified atom stereocenters. The third-order valence-corrected chi connectivity index (χ3v) is 2.49. The van der Waals surface area contributed by atoms with E-state index < -0.39 is 0 Å². The second kappa shape index (κ2) is 6.33. The van der Waals surface area contributed by atoms with Gasteiger partial charge in [-0.2, -0.15) is 4.98 Å². The van der Waals surface area contributed by atoms with Gasteiger partial charge in [0.15, 0.2) is 5.16 Å². The minimum absolute atomic E-state index is 0. The van der Waals surface area contributed by atoms with Crippen LogP contribution in [0.3, 0.4) is 0 Å². The van der Waals surface area contributed by atoms with Gasteiger partial charge in [0.2, 0.25) is 5.88 Å². The maximum Gasteiger partial charge on any atom is 0.215 e. The molecule has 1 heterocycles. The van der Waals surface area contributed by atoms with Gasteiger partial charge in [0.05, 0.1) is 5.69 Å². The molecule has 1 radical (unpaired) electrons. The average molecular weight is 307 g/mol. The standard InChI is InChI=1S/C11H10N2OS.Y/c1-15-11-12-9(7-10(14)13-11)8-5-3-2-4-6-8;/h2-7H,1H3,(H,12,13,14);. The zero-order chi connectivity index (χ0) is 10.7. The van der Waals surface area contributed by atoms with Crippen molar-refractivity contribution >= 4 is 11.8 Å². The van der Waals surface area contributed by atoms with Crippen LogP contribution in [0.15, 0.2) is 41.6 Å². The number of aromatic hydroxyl groups is 1. The van der Waals surface area contributed by atoms with Crippen LogP contribution in [0.4, 0.5) is 0 Å². The van der Waals surface area contributed by atoms with E-state index in [4.69, 9.17) is 0 Å². The molecule has 1 aromatic heterocycles. The van der Waals surface area contributed by atoms with Crippen molar-refractivity contribution in [1.82, 2.24) is 9.97 Å². The first-order valence-electron chi connectivity index (χ1n) is 4.47. The average Bonchev–Trinajstić information content (AvgIpc) is 2.29. The monoisotopic (exact) mass is 307 g/mol. The van der Waals surface area contributed by atoms with Crippen molar-refractivity contribution in [2.45, 2.75) is 5.16 Å². The molecule has 0 saturated carbocycles. The van der Waals surface area contributed by atoms with Crippen LogP contribution in [0, 0.1) is 0 Å². The van der Waals surface area contributed by atoms with Crippen LogP contribution in [0.2, 0.25) is 0 Å². The third-order valence-electron chi connectivity index (χ3n) is 1.94. The Kier molecular flexibility index (Phi) is 5.39. The van der Waals surface area contributed by atoms with E-state index in [1.807, 2.05) is 36.6 Å². The van der Waals surface area contributed by atoms with Gasteiger partial charge in [-0.25, -0.2) is 4.98 Å². The first kappa shape index (κ1) is 13.6. The molecular weight excluding hydrogens is 297 g/mol. The van der Waals surface area contributed by atoms with Crippen LogP contribution in [0.5, 0.6) is 5.88 Å². The minimum Gasteiger partial charge on any atom is -0.493 e. The van der Waals surface area contributed by atoms with Crippen LogP contribution >= 0.6 is 11.8 Å². The molecule has 79 valence electrons. The minimum atomic E-state index is 0. The third kappa shape index (κ3) is 3.27. The summed E-state index contributed by atoms with van der Waals surface area (Å²) in [6.45, 7) is 0. The Labute approximate surface area is 124 Å². The van der Waals surface area contributed by atoms with Crippen molar-refractivity contribution in [2.24, 2.45) is 0 Å². The Morgan fingerprint density at radius 3 is 2.44 bits per heavy atom. The summed E-state index contributed by atoms with van der Waals surface area (Å²) in [6.07, 6.45) is 1.88. The number of aromatic nitrogens is 2. The Morgan fingerprint density at radius 1 is 1.12 bits per heavy atom. The first-order valence-corrected chi connectivity index (χ1v) is 5.69. The molecule has 1 aromatic carbocycles. The van der Waals surface area contributed by atoms with Gasteiger partial charge >= 0.3 is 0 Å². The quantitative estimate of drug-likeness (QED) is 0.684. The molecule has 2 rings (SSSR count). The van der Waals surface area contributed by atoms with E-state index in [0.29, 0.717) is 5.16 Å². The summed E-state index contributed by atoms with van der Waals surface area (Å²) in [5, 5.41) is 10.00. The second-order valence-electron chi connectivity index (χ2n) is 2.96. The number of hydrogen-bond donors (Lipinski definition) is 1. The fourth-order valence-corrected chi connectivity index (χ4v) is 1.64. The Hall–Kier alpha value is -0.446. The Bertz CT molecular complexity index is 465. The van der Waals surface area contributed by atoms with Crippen LogP contribution < -0.4 is 0 Å². The molecule has 3 nitrogen and oxygen atoms in total. The summed E-state index contributed by atoms with van der Waals surface area (Å²) in [5.74, 6) is 0.00760. The molecule has 0 amide bonds. The van der Waals surface area contributed by atoms with E-state index in [9.17, 15) is 5.11 Å². The topological polar surface area (TPSA) is 46.0 Å². The largest absolute Gasteiger partial charge is 0.493 e. The van der Waals surface area contributed by atoms with Gasteiger partial charge in [-0.1, -0.05) is 42.1 Å². The van der Waals surface area contributed by atoms with E-state index in [-0.39, 0.29) is 38.6 Å². The SMILES string of the molecule is CSc1nc(O)cc(-c2ccccc2)n1.[Y]. The number of nitrogens with zero attached hydrogens (tertiary/aromatic N) is 2. The molecule has 1 N–H and O–H groups in total. The Morgan fingerprint density at radius 2 is 1.81 bits per heavy atom. The molecule has 16 heavy (non-hydrogen) atoms. The maximum absolute atomic E-state index is 9.42. The molecular formula is C11H10N2OSY. The van der Waals surface area contributed by atoms with Gasteiger partial charge in [0, 0.05) is 44.3 Å². The molecule has 0 spiro atoms. The van der Waals surface area contributed by atoms with Crippen molar-refractivity contribution in [3.8, 4) is 17.1 Å². The van der Waals surface area contributed by atoms with E-state index in [0.717, 1.165) is 11.3 Å². The zero-order valence-electron chi connectivity index (χ0n) is 8.79. The fourth-order valence-electron chi connectivity index (χ4n) is 1.26. The van der Waals surface area contributed by atoms with Gasteiger partial charge in [-0.05, 0) is 6.26 Å². The van der Waals surface area contributed by atoms with Crippen molar-refractivity contribution in [3.05, 3.63) is 36.4 Å². The van der Waals surface area contributed by atoms with E-state index in [1.54, 1.807) is 6.07 Å². The van der Waals surface area contributed by atoms with Gasteiger partial charge in [-0.3, -0.25) is 0 Å². The van der Waals surface area contributed by atoms with Gasteiger partial charge < -0.3 is 5.11 Å². The van der Waals surface area contributed by atoms with E-state index in [1.165, 1.54) is 11.8 Å². The first-order chi connectivity index (χ1) is 7.29. The van der Waals surface area contributed by atoms with E-state index >= 15 is 0 Å². The number of rotatable bonds is 2. The molecule has 0 aliphatic carbocycles. The molecule has 0 aliphatic heterocycles. The number of thioether (sulfide) groups is 1. The molecule has 2 aromatic rings. The van der Waals surface area contributed by atoms with Crippen LogP contribution in [0.25, 0.3) is 11.3 Å². The van der Waals surface area contributed by atoms with Gasteiger partial charge in [-0.15, -0.1) is 0 Å². The second-order valence-corrected chi connectivity index (χ2v) is 3.74. The molecule has 5 heteroatoms. The summed E-state index contributed by atoms with van der Waals surface area (Å²) < 4.78 is 0. The molecule has 0 saturated heterocycles. The van der Waals surface area contributed by atoms with Crippen LogP contribution in [-0.4, -0.2) is 21.3 Å². The van der Waals surface area contributed by atoms with Crippen molar-refractivity contribution < 1.29 is 37.8 Å². The van der Waals surface area contributed by atoms with Crippen LogP contribution in [-0.2, 0) is 32.7 Å². The summed E-state index contributed by atoms with van der Waals surface area (Å²) >= 11 is 1.41. The van der Waals surface area contributed by atoms with Crippen LogP contribution in [0.1, 0.15) is 0 Å². The smallest absolute Gasteiger partial charge is 0.215 e. The molecule has 0 bridgehead atoms.